The summed E-state index contributed by atoms with van der Waals surface area (Å²) >= 11 is 0. The molecule has 1 fully saturated rings. The molecule has 0 radical (unpaired) electrons. The van der Waals surface area contributed by atoms with E-state index in [1.807, 2.05) is 50.2 Å². The zero-order chi connectivity index (χ0) is 14.8. The predicted molar refractivity (Wildman–Crippen MR) is 89.4 cm³/mol. The van der Waals surface area contributed by atoms with E-state index in [9.17, 15) is 0 Å². The van der Waals surface area contributed by atoms with Gasteiger partial charge < -0.3 is 5.73 Å². The highest BCUT2D eigenvalue weighted by molar-refractivity contribution is 4.99. The third-order valence-corrected chi connectivity index (χ3v) is 2.85. The molecule has 2 rings (SSSR count). The molecule has 1 aromatic rings. The van der Waals surface area contributed by atoms with Gasteiger partial charge in [-0.25, -0.2) is 0 Å². The molecule has 0 spiro atoms. The standard InChI is InChI=1S/C7H14.C6H6.C3H9N.C2H6/c1-7-5-3-2-4-6-7;1-2-4-6-5-3-1;1-2-3-4;1-2/h7H,2-6H2,1H3;1-6H;2-4H2,1H3;1-2H3. The highest BCUT2D eigenvalue weighted by atomic mass is 14.5. The molecule has 0 heterocycles. The highest BCUT2D eigenvalue weighted by Crippen LogP contribution is 2.22. The molecule has 0 saturated heterocycles. The summed E-state index contributed by atoms with van der Waals surface area (Å²) in [6.07, 6.45) is 8.53. The zero-order valence-electron chi connectivity index (χ0n) is 13.6. The maximum atomic E-state index is 5.03. The molecule has 1 aromatic carbocycles. The van der Waals surface area contributed by atoms with Crippen molar-refractivity contribution in [3.8, 4) is 0 Å². The average molecular weight is 265 g/mol. The Bertz CT molecular complexity index is 186. The molecule has 1 heteroatoms. The first-order chi connectivity index (χ1) is 9.31. The molecule has 1 nitrogen and oxygen atoms in total. The highest BCUT2D eigenvalue weighted by Gasteiger charge is 2.05. The van der Waals surface area contributed by atoms with Crippen LogP contribution in [0.3, 0.4) is 0 Å². The fourth-order valence-electron chi connectivity index (χ4n) is 1.69. The van der Waals surface area contributed by atoms with Crippen molar-refractivity contribution in [3.63, 3.8) is 0 Å². The van der Waals surface area contributed by atoms with Crippen LogP contribution in [0, 0.1) is 5.92 Å². The maximum Gasteiger partial charge on any atom is -0.00799 e. The number of rotatable bonds is 1. The van der Waals surface area contributed by atoms with E-state index in [0.717, 1.165) is 18.9 Å². The van der Waals surface area contributed by atoms with Gasteiger partial charge in [0.05, 0.1) is 0 Å². The van der Waals surface area contributed by atoms with Crippen LogP contribution in [0.4, 0.5) is 0 Å². The van der Waals surface area contributed by atoms with Gasteiger partial charge >= 0.3 is 0 Å². The monoisotopic (exact) mass is 265 g/mol. The normalized spacial score (nSPS) is 13.7. The minimum Gasteiger partial charge on any atom is -0.330 e. The van der Waals surface area contributed by atoms with E-state index >= 15 is 0 Å². The summed E-state index contributed by atoms with van der Waals surface area (Å²) in [4.78, 5) is 0. The Kier molecular flexibility index (Phi) is 21.1. The van der Waals surface area contributed by atoms with Crippen LogP contribution >= 0.6 is 0 Å². The first-order valence-corrected chi connectivity index (χ1v) is 8.01. The van der Waals surface area contributed by atoms with Crippen molar-refractivity contribution in [2.45, 2.75) is 66.2 Å². The van der Waals surface area contributed by atoms with Crippen LogP contribution in [0.2, 0.25) is 0 Å². The second kappa shape index (κ2) is 19.5. The van der Waals surface area contributed by atoms with Gasteiger partial charge in [0.1, 0.15) is 0 Å². The molecule has 19 heavy (non-hydrogen) atoms. The van der Waals surface area contributed by atoms with Crippen LogP contribution in [0.25, 0.3) is 0 Å². The van der Waals surface area contributed by atoms with Gasteiger partial charge in [0.25, 0.3) is 0 Å². The fourth-order valence-corrected chi connectivity index (χ4v) is 1.69. The molecule has 0 amide bonds. The third-order valence-electron chi connectivity index (χ3n) is 2.85. The van der Waals surface area contributed by atoms with E-state index in [1.54, 1.807) is 0 Å². The van der Waals surface area contributed by atoms with Crippen molar-refractivity contribution in [2.75, 3.05) is 6.54 Å². The molecule has 0 aliphatic heterocycles. The Morgan fingerprint density at radius 3 is 1.32 bits per heavy atom. The second-order valence-corrected chi connectivity index (χ2v) is 4.69. The lowest BCUT2D eigenvalue weighted by molar-refractivity contribution is 0.385. The Hall–Kier alpha value is -0.820. The van der Waals surface area contributed by atoms with Gasteiger partial charge in [-0.2, -0.15) is 0 Å². The van der Waals surface area contributed by atoms with Crippen molar-refractivity contribution in [2.24, 2.45) is 11.7 Å². The van der Waals surface area contributed by atoms with Crippen molar-refractivity contribution in [1.29, 1.82) is 0 Å². The molecular formula is C18H35N. The molecule has 0 bridgehead atoms. The number of nitrogens with two attached hydrogens (primary N) is 1. The first-order valence-electron chi connectivity index (χ1n) is 8.01. The molecule has 1 aliphatic carbocycles. The van der Waals surface area contributed by atoms with Crippen LogP contribution < -0.4 is 5.73 Å². The van der Waals surface area contributed by atoms with Crippen LogP contribution in [-0.2, 0) is 0 Å². The molecule has 112 valence electrons. The lowest BCUT2D eigenvalue weighted by Gasteiger charge is -2.15. The molecule has 1 saturated carbocycles. The van der Waals surface area contributed by atoms with E-state index in [0.29, 0.717) is 0 Å². The Morgan fingerprint density at radius 1 is 0.842 bits per heavy atom. The summed E-state index contributed by atoms with van der Waals surface area (Å²) in [5.41, 5.74) is 5.03. The SMILES string of the molecule is CC.CC1CCCCC1.CCCN.c1ccccc1. The summed E-state index contributed by atoms with van der Waals surface area (Å²) < 4.78 is 0. The number of benzene rings is 1. The van der Waals surface area contributed by atoms with Gasteiger partial charge in [-0.3, -0.25) is 0 Å². The topological polar surface area (TPSA) is 26.0 Å². The Balaban J connectivity index is 0. The van der Waals surface area contributed by atoms with E-state index in [-0.39, 0.29) is 0 Å². The Labute approximate surface area is 121 Å². The molecular weight excluding hydrogens is 230 g/mol. The number of hydrogen-bond acceptors (Lipinski definition) is 1. The molecule has 1 aliphatic rings. The molecule has 0 aromatic heterocycles. The lowest BCUT2D eigenvalue weighted by atomic mass is 9.91. The maximum absolute atomic E-state index is 5.03. The fraction of sp³-hybridized carbons (Fsp3) is 0.667. The zero-order valence-corrected chi connectivity index (χ0v) is 13.6. The van der Waals surface area contributed by atoms with Crippen LogP contribution in [0.5, 0.6) is 0 Å². The summed E-state index contributed by atoms with van der Waals surface area (Å²) in [5.74, 6) is 1.04. The lowest BCUT2D eigenvalue weighted by Crippen LogP contribution is -1.99. The summed E-state index contributed by atoms with van der Waals surface area (Å²) in [5, 5.41) is 0. The van der Waals surface area contributed by atoms with Gasteiger partial charge in [0, 0.05) is 0 Å². The van der Waals surface area contributed by atoms with Crippen molar-refractivity contribution < 1.29 is 0 Å². The molecule has 2 N–H and O–H groups in total. The molecule has 0 unspecified atom stereocenters. The van der Waals surface area contributed by atoms with E-state index in [2.05, 4.69) is 13.8 Å². The molecule has 0 atom stereocenters. The van der Waals surface area contributed by atoms with E-state index < -0.39 is 0 Å². The largest absolute Gasteiger partial charge is 0.330 e. The van der Waals surface area contributed by atoms with Gasteiger partial charge in [-0.1, -0.05) is 96.2 Å². The minimum atomic E-state index is 0.819. The third kappa shape index (κ3) is 19.7. The van der Waals surface area contributed by atoms with Gasteiger partial charge in [-0.15, -0.1) is 0 Å². The van der Waals surface area contributed by atoms with Crippen molar-refractivity contribution in [1.82, 2.24) is 0 Å². The number of hydrogen-bond donors (Lipinski definition) is 1. The van der Waals surface area contributed by atoms with E-state index in [4.69, 9.17) is 5.73 Å². The van der Waals surface area contributed by atoms with Gasteiger partial charge in [0.15, 0.2) is 0 Å². The van der Waals surface area contributed by atoms with Gasteiger partial charge in [0.2, 0.25) is 0 Å². The summed E-state index contributed by atoms with van der Waals surface area (Å²) in [6, 6.07) is 12.0. The van der Waals surface area contributed by atoms with Crippen LogP contribution in [0.1, 0.15) is 66.2 Å². The Morgan fingerprint density at radius 2 is 1.16 bits per heavy atom. The van der Waals surface area contributed by atoms with Crippen LogP contribution in [0.15, 0.2) is 36.4 Å². The van der Waals surface area contributed by atoms with Crippen molar-refractivity contribution >= 4 is 0 Å². The first kappa shape index (κ1) is 20.5. The predicted octanol–water partition coefficient (Wildman–Crippen LogP) is 5.65. The average Bonchev–Trinajstić information content (AvgIpc) is 2.53. The van der Waals surface area contributed by atoms with Gasteiger partial charge in [-0.05, 0) is 18.9 Å². The summed E-state index contributed by atoms with van der Waals surface area (Å²) in [6.45, 7) is 9.24. The summed E-state index contributed by atoms with van der Waals surface area (Å²) in [7, 11) is 0. The minimum absolute atomic E-state index is 0.819. The quantitative estimate of drug-likeness (QED) is 0.697. The van der Waals surface area contributed by atoms with Crippen molar-refractivity contribution in [3.05, 3.63) is 36.4 Å². The second-order valence-electron chi connectivity index (χ2n) is 4.69. The smallest absolute Gasteiger partial charge is 0.00799 e. The van der Waals surface area contributed by atoms with E-state index in [1.165, 1.54) is 32.1 Å². The van der Waals surface area contributed by atoms with Crippen LogP contribution in [-0.4, -0.2) is 6.54 Å².